The Bertz CT molecular complexity index is 757. The maximum Gasteiger partial charge on any atom is 0.223 e. The maximum absolute atomic E-state index is 13.6. The molecule has 0 aliphatic rings. The Morgan fingerprint density at radius 1 is 1.16 bits per heavy atom. The van der Waals surface area contributed by atoms with Crippen molar-refractivity contribution in [1.29, 1.82) is 0 Å². The molecule has 2 heterocycles. The van der Waals surface area contributed by atoms with Crippen molar-refractivity contribution in [2.45, 2.75) is 0 Å². The average Bonchev–Trinajstić information content (AvgIpc) is 2.80. The largest absolute Gasteiger partial charge is 0.368 e. The number of benzene rings is 1. The highest BCUT2D eigenvalue weighted by Gasteiger charge is 2.10. The fourth-order valence-corrected chi connectivity index (χ4v) is 2.46. The molecule has 2 aromatic heterocycles. The number of nitrogens with one attached hydrogen (secondary N) is 1. The number of anilines is 3. The van der Waals surface area contributed by atoms with Gasteiger partial charge < -0.3 is 11.1 Å². The van der Waals surface area contributed by atoms with Crippen molar-refractivity contribution in [3.05, 3.63) is 41.3 Å². The lowest BCUT2D eigenvalue weighted by molar-refractivity contribution is 0.586. The number of hydrogen-bond acceptors (Lipinski definition) is 5. The molecule has 7 heteroatoms. The van der Waals surface area contributed by atoms with E-state index in [9.17, 15) is 8.78 Å². The van der Waals surface area contributed by atoms with Crippen molar-refractivity contribution in [2.24, 2.45) is 0 Å². The van der Waals surface area contributed by atoms with Crippen LogP contribution in [0.25, 0.3) is 10.2 Å². The maximum atomic E-state index is 13.6. The number of halogens is 2. The summed E-state index contributed by atoms with van der Waals surface area (Å²) in [4.78, 5) is 8.81. The van der Waals surface area contributed by atoms with Gasteiger partial charge in [-0.2, -0.15) is 4.98 Å². The van der Waals surface area contributed by atoms with Crippen LogP contribution in [0.4, 0.5) is 26.2 Å². The molecule has 0 bridgehead atoms. The summed E-state index contributed by atoms with van der Waals surface area (Å²) in [5.74, 6) is -0.833. The van der Waals surface area contributed by atoms with E-state index in [0.29, 0.717) is 10.6 Å². The Labute approximate surface area is 110 Å². The topological polar surface area (TPSA) is 63.8 Å². The SMILES string of the molecule is Nc1nc(Nc2ccc(F)cc2F)c2ccsc2n1. The molecule has 0 saturated heterocycles. The van der Waals surface area contributed by atoms with Gasteiger partial charge in [0.15, 0.2) is 0 Å². The number of nitrogens with zero attached hydrogens (tertiary/aromatic N) is 2. The third-order valence-electron chi connectivity index (χ3n) is 2.53. The molecule has 3 aromatic rings. The van der Waals surface area contributed by atoms with Crippen molar-refractivity contribution in [1.82, 2.24) is 9.97 Å². The lowest BCUT2D eigenvalue weighted by atomic mass is 10.3. The number of rotatable bonds is 2. The first kappa shape index (κ1) is 11.8. The highest BCUT2D eigenvalue weighted by molar-refractivity contribution is 7.16. The molecule has 0 radical (unpaired) electrons. The summed E-state index contributed by atoms with van der Waals surface area (Å²) in [5.41, 5.74) is 5.72. The van der Waals surface area contributed by atoms with Crippen LogP contribution >= 0.6 is 11.3 Å². The molecule has 3 N–H and O–H groups in total. The van der Waals surface area contributed by atoms with Gasteiger partial charge in [0.1, 0.15) is 22.3 Å². The Morgan fingerprint density at radius 3 is 2.79 bits per heavy atom. The van der Waals surface area contributed by atoms with E-state index in [1.807, 2.05) is 11.4 Å². The first-order valence-corrected chi connectivity index (χ1v) is 6.24. The van der Waals surface area contributed by atoms with Crippen LogP contribution in [-0.4, -0.2) is 9.97 Å². The fraction of sp³-hybridized carbons (Fsp3) is 0. The number of nitrogens with two attached hydrogens (primary N) is 1. The van der Waals surface area contributed by atoms with Gasteiger partial charge in [-0.1, -0.05) is 0 Å². The zero-order valence-corrected chi connectivity index (χ0v) is 10.3. The average molecular weight is 278 g/mol. The summed E-state index contributed by atoms with van der Waals surface area (Å²) < 4.78 is 26.4. The quantitative estimate of drug-likeness (QED) is 0.755. The van der Waals surface area contributed by atoms with Crippen LogP contribution in [0.1, 0.15) is 0 Å². The molecule has 4 nitrogen and oxygen atoms in total. The minimum absolute atomic E-state index is 0.0972. The van der Waals surface area contributed by atoms with Gasteiger partial charge in [-0.25, -0.2) is 13.8 Å². The third-order valence-corrected chi connectivity index (χ3v) is 3.33. The molecule has 0 saturated carbocycles. The number of hydrogen-bond donors (Lipinski definition) is 2. The Kier molecular flexibility index (Phi) is 2.75. The molecule has 96 valence electrons. The van der Waals surface area contributed by atoms with Crippen LogP contribution in [0.2, 0.25) is 0 Å². The van der Waals surface area contributed by atoms with E-state index in [-0.39, 0.29) is 11.6 Å². The second-order valence-electron chi connectivity index (χ2n) is 3.82. The molecule has 0 amide bonds. The molecule has 19 heavy (non-hydrogen) atoms. The molecule has 1 aromatic carbocycles. The van der Waals surface area contributed by atoms with Crippen LogP contribution in [-0.2, 0) is 0 Å². The van der Waals surface area contributed by atoms with Crippen molar-refractivity contribution in [2.75, 3.05) is 11.1 Å². The molecular weight excluding hydrogens is 270 g/mol. The van der Waals surface area contributed by atoms with Crippen LogP contribution in [0, 0.1) is 11.6 Å². The lowest BCUT2D eigenvalue weighted by Gasteiger charge is -2.08. The minimum Gasteiger partial charge on any atom is -0.368 e. The van der Waals surface area contributed by atoms with Crippen molar-refractivity contribution in [3.63, 3.8) is 0 Å². The van der Waals surface area contributed by atoms with E-state index in [0.717, 1.165) is 11.5 Å². The summed E-state index contributed by atoms with van der Waals surface area (Å²) in [6.07, 6.45) is 0. The van der Waals surface area contributed by atoms with Crippen LogP contribution < -0.4 is 11.1 Å². The fourth-order valence-electron chi connectivity index (χ4n) is 1.69. The summed E-state index contributed by atoms with van der Waals surface area (Å²) in [6, 6.07) is 5.09. The van der Waals surface area contributed by atoms with Gasteiger partial charge in [-0.05, 0) is 23.6 Å². The first-order chi connectivity index (χ1) is 9.13. The number of nitrogen functional groups attached to an aromatic ring is 1. The normalized spacial score (nSPS) is 10.8. The molecular formula is C12H8F2N4S. The monoisotopic (exact) mass is 278 g/mol. The molecule has 0 aliphatic heterocycles. The van der Waals surface area contributed by atoms with Crippen LogP contribution in [0.5, 0.6) is 0 Å². The van der Waals surface area contributed by atoms with Crippen molar-refractivity contribution in [3.8, 4) is 0 Å². The smallest absolute Gasteiger partial charge is 0.223 e. The van der Waals surface area contributed by atoms with E-state index >= 15 is 0 Å². The molecule has 3 rings (SSSR count). The van der Waals surface area contributed by atoms with Gasteiger partial charge in [0, 0.05) is 6.07 Å². The summed E-state index contributed by atoms with van der Waals surface area (Å²) in [5, 5.41) is 5.38. The molecule has 0 aliphatic carbocycles. The molecule has 0 spiro atoms. The van der Waals surface area contributed by atoms with Crippen molar-refractivity contribution >= 4 is 39.0 Å². The molecule has 0 unspecified atom stereocenters. The van der Waals surface area contributed by atoms with E-state index in [2.05, 4.69) is 15.3 Å². The summed E-state index contributed by atoms with van der Waals surface area (Å²) in [6.45, 7) is 0. The van der Waals surface area contributed by atoms with Crippen molar-refractivity contribution < 1.29 is 8.78 Å². The lowest BCUT2D eigenvalue weighted by Crippen LogP contribution is -2.01. The van der Waals surface area contributed by atoms with Gasteiger partial charge in [0.2, 0.25) is 5.95 Å². The van der Waals surface area contributed by atoms with E-state index in [1.54, 1.807) is 0 Å². The van der Waals surface area contributed by atoms with Crippen LogP contribution in [0.3, 0.4) is 0 Å². The predicted molar refractivity (Wildman–Crippen MR) is 71.5 cm³/mol. The van der Waals surface area contributed by atoms with Gasteiger partial charge >= 0.3 is 0 Å². The third kappa shape index (κ3) is 2.19. The second kappa shape index (κ2) is 4.43. The van der Waals surface area contributed by atoms with Gasteiger partial charge in [0.05, 0.1) is 11.1 Å². The number of fused-ring (bicyclic) bond motifs is 1. The standard InChI is InChI=1S/C12H8F2N4S/c13-6-1-2-9(8(14)5-6)16-10-7-3-4-19-11(7)18-12(15)17-10/h1-5H,(H3,15,16,17,18). The van der Waals surface area contributed by atoms with Gasteiger partial charge in [-0.15, -0.1) is 11.3 Å². The summed E-state index contributed by atoms with van der Waals surface area (Å²) >= 11 is 1.41. The first-order valence-electron chi connectivity index (χ1n) is 5.36. The minimum atomic E-state index is -0.694. The highest BCUT2D eigenvalue weighted by Crippen LogP contribution is 2.29. The number of thiophene rings is 1. The Hall–Kier alpha value is -2.28. The Balaban J connectivity index is 2.07. The molecule has 0 atom stereocenters. The van der Waals surface area contributed by atoms with E-state index in [4.69, 9.17) is 5.73 Å². The second-order valence-corrected chi connectivity index (χ2v) is 4.71. The van der Waals surface area contributed by atoms with Crippen LogP contribution in [0.15, 0.2) is 29.6 Å². The van der Waals surface area contributed by atoms with Gasteiger partial charge in [0.25, 0.3) is 0 Å². The van der Waals surface area contributed by atoms with E-state index in [1.165, 1.54) is 23.5 Å². The van der Waals surface area contributed by atoms with E-state index < -0.39 is 11.6 Å². The zero-order valence-electron chi connectivity index (χ0n) is 9.52. The highest BCUT2D eigenvalue weighted by atomic mass is 32.1. The zero-order chi connectivity index (χ0) is 13.4. The Morgan fingerprint density at radius 2 is 2.00 bits per heavy atom. The van der Waals surface area contributed by atoms with Gasteiger partial charge in [-0.3, -0.25) is 0 Å². The summed E-state index contributed by atoms with van der Waals surface area (Å²) in [7, 11) is 0. The molecule has 0 fully saturated rings. The number of aromatic nitrogens is 2. The predicted octanol–water partition coefficient (Wildman–Crippen LogP) is 3.30.